The van der Waals surface area contributed by atoms with Gasteiger partial charge in [-0.15, -0.1) is 0 Å². The molecule has 0 aromatic heterocycles. The molecule has 3 aromatic carbocycles. The minimum absolute atomic E-state index is 0.0987. The smallest absolute Gasteiger partial charge is 0.228 e. The van der Waals surface area contributed by atoms with Crippen molar-refractivity contribution in [1.29, 1.82) is 0 Å². The van der Waals surface area contributed by atoms with E-state index in [0.717, 1.165) is 38.1 Å². The Bertz CT molecular complexity index is 1410. The Morgan fingerprint density at radius 3 is 1.13 bits per heavy atom. The summed E-state index contributed by atoms with van der Waals surface area (Å²) in [7, 11) is -4.12. The molecular weight excluding hydrogens is 677 g/mol. The van der Waals surface area contributed by atoms with Gasteiger partial charge in [0.05, 0.1) is 22.5 Å². The van der Waals surface area contributed by atoms with Crippen molar-refractivity contribution in [3.05, 3.63) is 94.0 Å². The fraction of sp³-hybridized carbons (Fsp3) is 0.500. The van der Waals surface area contributed by atoms with Crippen molar-refractivity contribution in [3.8, 4) is 0 Å². The lowest BCUT2D eigenvalue weighted by Crippen LogP contribution is -2.52. The number of anilines is 2. The standard InChI is InChI=1S/C40H61BrN2O2Si2/c1-37(2,3)42(44-46(13,14)39(7,8)9)34-25-19-31(20-26-34)36(29-30-17-23-33(41)24-18-30)32-21-27-35(28-22-32)43(38(4,5)6)45-47(15,16)40(10,11)12/h17-29H,1-16H3. The first-order valence-electron chi connectivity index (χ1n) is 16.9. The highest BCUT2D eigenvalue weighted by Crippen LogP contribution is 2.42. The molecule has 0 saturated carbocycles. The Hall–Kier alpha value is -2.17. The molecule has 0 N–H and O–H groups in total. The van der Waals surface area contributed by atoms with Crippen LogP contribution >= 0.6 is 15.9 Å². The van der Waals surface area contributed by atoms with Gasteiger partial charge in [0.25, 0.3) is 0 Å². The molecule has 0 bridgehead atoms. The fourth-order valence-electron chi connectivity index (χ4n) is 4.50. The Kier molecular flexibility index (Phi) is 11.7. The van der Waals surface area contributed by atoms with Crippen LogP contribution in [0.1, 0.15) is 99.8 Å². The van der Waals surface area contributed by atoms with Gasteiger partial charge in [0.1, 0.15) is 0 Å². The first-order valence-corrected chi connectivity index (χ1v) is 23.5. The number of benzene rings is 3. The van der Waals surface area contributed by atoms with Crippen LogP contribution in [0.2, 0.25) is 36.3 Å². The van der Waals surface area contributed by atoms with Gasteiger partial charge in [-0.3, -0.25) is 10.1 Å². The third-order valence-corrected chi connectivity index (χ3v) is 18.5. The second-order valence-corrected chi connectivity index (χ2v) is 28.2. The van der Waals surface area contributed by atoms with Gasteiger partial charge < -0.3 is 9.05 Å². The van der Waals surface area contributed by atoms with E-state index < -0.39 is 16.6 Å². The van der Waals surface area contributed by atoms with Crippen molar-refractivity contribution < 1.29 is 9.05 Å². The van der Waals surface area contributed by atoms with Gasteiger partial charge in [-0.25, -0.2) is 0 Å². The number of rotatable bonds is 9. The molecule has 4 nitrogen and oxygen atoms in total. The average molecular weight is 738 g/mol. The highest BCUT2D eigenvalue weighted by atomic mass is 79.9. The van der Waals surface area contributed by atoms with E-state index in [-0.39, 0.29) is 21.2 Å². The van der Waals surface area contributed by atoms with Crippen LogP contribution in [0.5, 0.6) is 0 Å². The quantitative estimate of drug-likeness (QED) is 0.124. The van der Waals surface area contributed by atoms with E-state index in [9.17, 15) is 0 Å². The second kappa shape index (κ2) is 14.0. The molecule has 0 aliphatic rings. The summed E-state index contributed by atoms with van der Waals surface area (Å²) in [5, 5.41) is 4.46. The lowest BCUT2D eigenvalue weighted by atomic mass is 9.94. The predicted molar refractivity (Wildman–Crippen MR) is 215 cm³/mol. The summed E-state index contributed by atoms with van der Waals surface area (Å²) in [4.78, 5) is 0. The summed E-state index contributed by atoms with van der Waals surface area (Å²) >= 11 is 3.59. The molecule has 47 heavy (non-hydrogen) atoms. The third-order valence-electron chi connectivity index (χ3n) is 9.48. The maximum absolute atomic E-state index is 6.90. The van der Waals surface area contributed by atoms with Gasteiger partial charge in [-0.1, -0.05) is 93.9 Å². The van der Waals surface area contributed by atoms with E-state index in [1.165, 1.54) is 0 Å². The number of nitrogens with zero attached hydrogens (tertiary/aromatic N) is 2. The molecule has 3 rings (SSSR count). The number of hydrogen-bond donors (Lipinski definition) is 0. The molecule has 0 radical (unpaired) electrons. The number of hydroxylamine groups is 2. The summed E-state index contributed by atoms with van der Waals surface area (Å²) in [6.07, 6.45) is 2.28. The van der Waals surface area contributed by atoms with Gasteiger partial charge >= 0.3 is 0 Å². The molecule has 0 saturated heterocycles. The Morgan fingerprint density at radius 2 is 0.851 bits per heavy atom. The van der Waals surface area contributed by atoms with Crippen LogP contribution in [0.4, 0.5) is 11.4 Å². The Morgan fingerprint density at radius 1 is 0.532 bits per heavy atom. The predicted octanol–water partition coefficient (Wildman–Crippen LogP) is 13.1. The zero-order valence-electron chi connectivity index (χ0n) is 32.1. The van der Waals surface area contributed by atoms with Gasteiger partial charge in [-0.05, 0) is 143 Å². The molecule has 3 aromatic rings. The van der Waals surface area contributed by atoms with Crippen molar-refractivity contribution >= 4 is 55.6 Å². The van der Waals surface area contributed by atoms with Gasteiger partial charge in [-0.2, -0.15) is 0 Å². The molecule has 0 atom stereocenters. The lowest BCUT2D eigenvalue weighted by Gasteiger charge is -2.45. The molecule has 0 spiro atoms. The van der Waals surface area contributed by atoms with Crippen LogP contribution in [-0.4, -0.2) is 27.7 Å². The van der Waals surface area contributed by atoms with Gasteiger partial charge in [0, 0.05) is 4.47 Å². The van der Waals surface area contributed by atoms with E-state index in [1.807, 2.05) is 0 Å². The molecule has 0 fully saturated rings. The van der Waals surface area contributed by atoms with Crippen molar-refractivity contribution in [2.45, 2.75) is 130 Å². The SMILES string of the molecule is CC(C)(C)N(O[Si](C)(C)C(C)(C)C)c1ccc(C(=Cc2ccc(Br)cc2)c2ccc(N(O[Si](C)(C)C(C)(C)C)C(C)(C)C)cc2)cc1. The average Bonchev–Trinajstić information content (AvgIpc) is 2.92. The maximum atomic E-state index is 6.90. The molecular formula is C40H61BrN2O2Si2. The molecule has 7 heteroatoms. The highest BCUT2D eigenvalue weighted by molar-refractivity contribution is 9.10. The van der Waals surface area contributed by atoms with Crippen LogP contribution in [0.15, 0.2) is 77.3 Å². The lowest BCUT2D eigenvalue weighted by molar-refractivity contribution is 0.185. The van der Waals surface area contributed by atoms with Gasteiger partial charge in [0.2, 0.25) is 16.6 Å². The highest BCUT2D eigenvalue weighted by Gasteiger charge is 2.43. The molecule has 0 aliphatic heterocycles. The van der Waals surface area contributed by atoms with E-state index in [1.54, 1.807) is 0 Å². The normalized spacial score (nSPS) is 13.4. The summed E-state index contributed by atoms with van der Waals surface area (Å²) in [5.74, 6) is 0. The third kappa shape index (κ3) is 9.94. The van der Waals surface area contributed by atoms with Crippen LogP contribution in [0.25, 0.3) is 11.6 Å². The largest absolute Gasteiger partial charge is 0.319 e. The second-order valence-electron chi connectivity index (χ2n) is 17.8. The number of halogens is 1. The van der Waals surface area contributed by atoms with E-state index >= 15 is 0 Å². The molecule has 0 heterocycles. The zero-order chi connectivity index (χ0) is 35.8. The number of hydrogen-bond acceptors (Lipinski definition) is 4. The summed E-state index contributed by atoms with van der Waals surface area (Å²) in [6.45, 7) is 36.2. The fourth-order valence-corrected chi connectivity index (χ4v) is 6.98. The monoisotopic (exact) mass is 736 g/mol. The maximum Gasteiger partial charge on any atom is 0.228 e. The molecule has 0 unspecified atom stereocenters. The van der Waals surface area contributed by atoms with Crippen LogP contribution in [0.3, 0.4) is 0 Å². The van der Waals surface area contributed by atoms with Crippen molar-refractivity contribution in [3.63, 3.8) is 0 Å². The van der Waals surface area contributed by atoms with Crippen molar-refractivity contribution in [2.24, 2.45) is 0 Å². The molecule has 0 aliphatic carbocycles. The summed E-state index contributed by atoms with van der Waals surface area (Å²) in [6, 6.07) is 26.2. The summed E-state index contributed by atoms with van der Waals surface area (Å²) < 4.78 is 14.9. The first kappa shape index (κ1) is 39.3. The van der Waals surface area contributed by atoms with E-state index in [0.29, 0.717) is 0 Å². The van der Waals surface area contributed by atoms with E-state index in [4.69, 9.17) is 9.05 Å². The molecule has 0 amide bonds. The minimum atomic E-state index is -2.06. The van der Waals surface area contributed by atoms with Crippen molar-refractivity contribution in [1.82, 2.24) is 0 Å². The summed E-state index contributed by atoms with van der Waals surface area (Å²) in [5.41, 5.74) is 6.33. The Labute approximate surface area is 297 Å². The molecule has 258 valence electrons. The van der Waals surface area contributed by atoms with E-state index in [2.05, 4.69) is 214 Å². The Balaban J connectivity index is 2.09. The topological polar surface area (TPSA) is 24.9 Å². The van der Waals surface area contributed by atoms with Crippen LogP contribution in [0, 0.1) is 0 Å². The zero-order valence-corrected chi connectivity index (χ0v) is 35.7. The van der Waals surface area contributed by atoms with Crippen LogP contribution < -0.4 is 10.1 Å². The first-order chi connectivity index (χ1) is 21.2. The van der Waals surface area contributed by atoms with Crippen molar-refractivity contribution in [2.75, 3.05) is 10.1 Å². The minimum Gasteiger partial charge on any atom is -0.319 e. The van der Waals surface area contributed by atoms with Crippen LogP contribution in [-0.2, 0) is 9.05 Å². The van der Waals surface area contributed by atoms with Gasteiger partial charge in [0.15, 0.2) is 0 Å².